The normalized spacial score (nSPS) is 11.3. The summed E-state index contributed by atoms with van der Waals surface area (Å²) in [7, 11) is 0. The van der Waals surface area contributed by atoms with Gasteiger partial charge in [0.05, 0.1) is 5.02 Å². The van der Waals surface area contributed by atoms with Crippen molar-refractivity contribution < 1.29 is 14.4 Å². The van der Waals surface area contributed by atoms with Crippen LogP contribution in [0.15, 0.2) is 59.9 Å². The van der Waals surface area contributed by atoms with Gasteiger partial charge in [-0.3, -0.25) is 0 Å². The van der Waals surface area contributed by atoms with Crippen LogP contribution in [0.25, 0.3) is 0 Å². The van der Waals surface area contributed by atoms with E-state index in [0.717, 1.165) is 0 Å². The first-order chi connectivity index (χ1) is 13.4. The van der Waals surface area contributed by atoms with Crippen molar-refractivity contribution in [1.29, 1.82) is 0 Å². The smallest absolute Gasteiger partial charge is 0.383 e. The molecule has 0 aliphatic heterocycles. The SMILES string of the molecule is N/C(=N\OC(=O)c1ccnn1COc1ccc(Cl)cc1)c1ccc(Cl)cc1Cl. The van der Waals surface area contributed by atoms with Gasteiger partial charge in [0.1, 0.15) is 5.75 Å². The highest BCUT2D eigenvalue weighted by Crippen LogP contribution is 2.21. The van der Waals surface area contributed by atoms with E-state index in [9.17, 15) is 4.79 Å². The summed E-state index contributed by atoms with van der Waals surface area (Å²) in [6.07, 6.45) is 1.44. The zero-order valence-electron chi connectivity index (χ0n) is 14.2. The van der Waals surface area contributed by atoms with Crippen LogP contribution in [0.1, 0.15) is 16.1 Å². The highest BCUT2D eigenvalue weighted by molar-refractivity contribution is 6.36. The van der Waals surface area contributed by atoms with Crippen molar-refractivity contribution in [1.82, 2.24) is 9.78 Å². The van der Waals surface area contributed by atoms with Gasteiger partial charge in [0.15, 0.2) is 18.3 Å². The minimum Gasteiger partial charge on any atom is -0.471 e. The molecule has 0 aliphatic rings. The number of halogens is 3. The van der Waals surface area contributed by atoms with Gasteiger partial charge >= 0.3 is 5.97 Å². The molecule has 0 unspecified atom stereocenters. The largest absolute Gasteiger partial charge is 0.471 e. The standard InChI is InChI=1S/C18H13Cl3N4O3/c19-11-1-4-13(5-2-11)27-10-25-16(7-8-23-25)18(26)28-24-17(22)14-6-3-12(20)9-15(14)21/h1-9H,10H2,(H2,22,24). The van der Waals surface area contributed by atoms with E-state index in [0.29, 0.717) is 21.4 Å². The number of nitrogens with zero attached hydrogens (tertiary/aromatic N) is 3. The molecule has 0 amide bonds. The molecule has 2 N–H and O–H groups in total. The molecular formula is C18H13Cl3N4O3. The number of amidine groups is 1. The van der Waals surface area contributed by atoms with Crippen LogP contribution in [0.2, 0.25) is 15.1 Å². The zero-order valence-corrected chi connectivity index (χ0v) is 16.4. The molecule has 0 saturated heterocycles. The summed E-state index contributed by atoms with van der Waals surface area (Å²) in [4.78, 5) is 17.2. The van der Waals surface area contributed by atoms with E-state index in [1.165, 1.54) is 23.0 Å². The molecule has 0 fully saturated rings. The predicted octanol–water partition coefficient (Wildman–Crippen LogP) is 4.36. The third kappa shape index (κ3) is 4.95. The maximum Gasteiger partial charge on any atom is 0.383 e. The van der Waals surface area contributed by atoms with Gasteiger partial charge in [-0.1, -0.05) is 40.0 Å². The summed E-state index contributed by atoms with van der Waals surface area (Å²) in [5, 5.41) is 8.98. The van der Waals surface area contributed by atoms with Crippen LogP contribution in [0.5, 0.6) is 5.75 Å². The van der Waals surface area contributed by atoms with Crippen LogP contribution in [0.3, 0.4) is 0 Å². The van der Waals surface area contributed by atoms with Crippen molar-refractivity contribution >= 4 is 46.6 Å². The molecular weight excluding hydrogens is 427 g/mol. The van der Waals surface area contributed by atoms with Crippen LogP contribution in [-0.2, 0) is 11.6 Å². The van der Waals surface area contributed by atoms with Crippen molar-refractivity contribution in [2.45, 2.75) is 6.73 Å². The average Bonchev–Trinajstić information content (AvgIpc) is 3.14. The first-order valence-corrected chi connectivity index (χ1v) is 8.98. The van der Waals surface area contributed by atoms with Crippen molar-refractivity contribution in [3.8, 4) is 5.75 Å². The highest BCUT2D eigenvalue weighted by atomic mass is 35.5. The van der Waals surface area contributed by atoms with E-state index in [4.69, 9.17) is 50.1 Å². The summed E-state index contributed by atoms with van der Waals surface area (Å²) in [6, 6.07) is 12.9. The minimum absolute atomic E-state index is 0.0126. The second-order valence-corrected chi connectivity index (χ2v) is 6.70. The third-order valence-electron chi connectivity index (χ3n) is 3.53. The number of carbonyl (C=O) groups is 1. The number of hydrogen-bond donors (Lipinski definition) is 1. The fourth-order valence-corrected chi connectivity index (χ4v) is 2.79. The van der Waals surface area contributed by atoms with Crippen molar-refractivity contribution in [2.75, 3.05) is 0 Å². The fourth-order valence-electron chi connectivity index (χ4n) is 2.16. The summed E-state index contributed by atoms with van der Waals surface area (Å²) in [5.74, 6) is -0.261. The minimum atomic E-state index is -0.759. The Morgan fingerprint density at radius 2 is 1.79 bits per heavy atom. The molecule has 10 heteroatoms. The van der Waals surface area contributed by atoms with E-state index in [2.05, 4.69) is 10.3 Å². The molecule has 3 aromatic rings. The second-order valence-electron chi connectivity index (χ2n) is 5.42. The Hall–Kier alpha value is -2.74. The van der Waals surface area contributed by atoms with Crippen molar-refractivity contribution in [3.63, 3.8) is 0 Å². The van der Waals surface area contributed by atoms with Gasteiger partial charge < -0.3 is 15.3 Å². The Morgan fingerprint density at radius 3 is 2.50 bits per heavy atom. The summed E-state index contributed by atoms with van der Waals surface area (Å²) in [6.45, 7) is -0.0126. The van der Waals surface area contributed by atoms with Crippen molar-refractivity contribution in [3.05, 3.63) is 81.1 Å². The number of oxime groups is 1. The van der Waals surface area contributed by atoms with Gasteiger partial charge in [-0.2, -0.15) is 5.10 Å². The van der Waals surface area contributed by atoms with Crippen molar-refractivity contribution in [2.24, 2.45) is 10.9 Å². The number of carbonyl (C=O) groups excluding carboxylic acids is 1. The number of ether oxygens (including phenoxy) is 1. The maximum absolute atomic E-state index is 12.3. The molecule has 0 aliphatic carbocycles. The fraction of sp³-hybridized carbons (Fsp3) is 0.0556. The number of nitrogens with two attached hydrogens (primary N) is 1. The molecule has 3 rings (SSSR count). The second kappa shape index (κ2) is 8.97. The van der Waals surface area contributed by atoms with E-state index in [1.54, 1.807) is 36.4 Å². The molecule has 144 valence electrons. The molecule has 1 aromatic heterocycles. The maximum atomic E-state index is 12.3. The number of rotatable bonds is 6. The molecule has 1 heterocycles. The van der Waals surface area contributed by atoms with Crippen LogP contribution in [0, 0.1) is 0 Å². The molecule has 0 atom stereocenters. The van der Waals surface area contributed by atoms with Gasteiger partial charge in [-0.15, -0.1) is 0 Å². The summed E-state index contributed by atoms with van der Waals surface area (Å²) in [5.41, 5.74) is 6.34. The van der Waals surface area contributed by atoms with Gasteiger partial charge in [0.2, 0.25) is 0 Å². The Bertz CT molecular complexity index is 1020. The Balaban J connectivity index is 1.66. The van der Waals surface area contributed by atoms with E-state index >= 15 is 0 Å². The van der Waals surface area contributed by atoms with Gasteiger partial charge in [-0.05, 0) is 48.5 Å². The Morgan fingerprint density at radius 1 is 1.07 bits per heavy atom. The molecule has 0 saturated carbocycles. The van der Waals surface area contributed by atoms with Gasteiger partial charge in [-0.25, -0.2) is 9.48 Å². The quantitative estimate of drug-likeness (QED) is 0.267. The van der Waals surface area contributed by atoms with Gasteiger partial charge in [0.25, 0.3) is 0 Å². The van der Waals surface area contributed by atoms with E-state index < -0.39 is 5.97 Å². The molecule has 0 spiro atoms. The summed E-state index contributed by atoms with van der Waals surface area (Å²) < 4.78 is 6.88. The molecule has 2 aromatic carbocycles. The molecule has 0 bridgehead atoms. The van der Waals surface area contributed by atoms with Crippen LogP contribution < -0.4 is 10.5 Å². The zero-order chi connectivity index (χ0) is 20.1. The van der Waals surface area contributed by atoms with Gasteiger partial charge in [0, 0.05) is 21.8 Å². The Labute approximate surface area is 175 Å². The number of aromatic nitrogens is 2. The first kappa shape index (κ1) is 20.0. The number of benzene rings is 2. The topological polar surface area (TPSA) is 91.7 Å². The molecule has 7 nitrogen and oxygen atoms in total. The lowest BCUT2D eigenvalue weighted by molar-refractivity contribution is 0.0492. The Kier molecular flexibility index (Phi) is 6.41. The monoisotopic (exact) mass is 438 g/mol. The van der Waals surface area contributed by atoms with E-state index in [1.807, 2.05) is 0 Å². The lowest BCUT2D eigenvalue weighted by Crippen LogP contribution is -2.18. The van der Waals surface area contributed by atoms with Crippen LogP contribution >= 0.6 is 34.8 Å². The van der Waals surface area contributed by atoms with Crippen LogP contribution in [-0.4, -0.2) is 21.6 Å². The molecule has 28 heavy (non-hydrogen) atoms. The lowest BCUT2D eigenvalue weighted by atomic mass is 10.2. The number of hydrogen-bond acceptors (Lipinski definition) is 5. The van der Waals surface area contributed by atoms with E-state index in [-0.39, 0.29) is 23.3 Å². The third-order valence-corrected chi connectivity index (χ3v) is 4.33. The van der Waals surface area contributed by atoms with Crippen LogP contribution in [0.4, 0.5) is 0 Å². The molecule has 0 radical (unpaired) electrons. The first-order valence-electron chi connectivity index (χ1n) is 7.84. The average molecular weight is 440 g/mol. The lowest BCUT2D eigenvalue weighted by Gasteiger charge is -2.08. The highest BCUT2D eigenvalue weighted by Gasteiger charge is 2.15. The summed E-state index contributed by atoms with van der Waals surface area (Å²) >= 11 is 17.7. The predicted molar refractivity (Wildman–Crippen MR) is 107 cm³/mol.